The van der Waals surface area contributed by atoms with Crippen molar-refractivity contribution in [1.29, 1.82) is 0 Å². The van der Waals surface area contributed by atoms with Crippen molar-refractivity contribution in [3.05, 3.63) is 60.3 Å². The summed E-state index contributed by atoms with van der Waals surface area (Å²) in [6.45, 7) is 2.78. The van der Waals surface area contributed by atoms with Crippen LogP contribution < -0.4 is 5.14 Å². The highest BCUT2D eigenvalue weighted by molar-refractivity contribution is 7.98. The van der Waals surface area contributed by atoms with Crippen molar-refractivity contribution >= 4 is 43.7 Å². The summed E-state index contributed by atoms with van der Waals surface area (Å²) in [6.07, 6.45) is 1.80. The maximum atomic E-state index is 11.6. The second kappa shape index (κ2) is 6.95. The lowest BCUT2D eigenvalue weighted by molar-refractivity contribution is 0.598. The molecule has 0 amide bonds. The Hall–Kier alpha value is -2.42. The summed E-state index contributed by atoms with van der Waals surface area (Å²) in [5.74, 6) is 0.722. The van der Waals surface area contributed by atoms with Gasteiger partial charge in [-0.3, -0.25) is 4.98 Å². The van der Waals surface area contributed by atoms with Gasteiger partial charge in [0.1, 0.15) is 0 Å². The van der Waals surface area contributed by atoms with Crippen molar-refractivity contribution in [2.75, 3.05) is 0 Å². The van der Waals surface area contributed by atoms with E-state index in [0.29, 0.717) is 5.52 Å². The third kappa shape index (κ3) is 3.43. The van der Waals surface area contributed by atoms with Crippen molar-refractivity contribution in [3.63, 3.8) is 0 Å². The molecule has 2 heterocycles. The third-order valence-corrected chi connectivity index (χ3v) is 6.34. The summed E-state index contributed by atoms with van der Waals surface area (Å²) in [6, 6.07) is 14.9. The first-order chi connectivity index (χ1) is 13.0. The van der Waals surface area contributed by atoms with Crippen LogP contribution in [0.25, 0.3) is 21.9 Å². The fourth-order valence-corrected chi connectivity index (χ4v) is 4.70. The zero-order chi connectivity index (χ0) is 19.0. The number of pyridine rings is 1. The molecular weight excluding hydrogens is 380 g/mol. The monoisotopic (exact) mass is 398 g/mol. The van der Waals surface area contributed by atoms with E-state index < -0.39 is 10.0 Å². The highest BCUT2D eigenvalue weighted by Gasteiger charge is 2.15. The minimum absolute atomic E-state index is 0.0746. The van der Waals surface area contributed by atoms with Gasteiger partial charge in [0, 0.05) is 23.9 Å². The first kappa shape index (κ1) is 18.0. The molecule has 0 aliphatic heterocycles. The van der Waals surface area contributed by atoms with Crippen molar-refractivity contribution in [1.82, 2.24) is 14.5 Å². The molecule has 0 bridgehead atoms. The van der Waals surface area contributed by atoms with Crippen LogP contribution in [-0.4, -0.2) is 23.0 Å². The van der Waals surface area contributed by atoms with Crippen LogP contribution in [0.2, 0.25) is 0 Å². The Kier molecular flexibility index (Phi) is 4.63. The second-order valence-corrected chi connectivity index (χ2v) is 8.62. The SMILES string of the molecule is CCn1c(SCc2cccc3cccnc23)nc2cc(S(N)(=O)=O)ccc21. The Balaban J connectivity index is 1.71. The molecular formula is C19H18N4O2S2. The first-order valence-corrected chi connectivity index (χ1v) is 11.0. The van der Waals surface area contributed by atoms with Gasteiger partial charge >= 0.3 is 0 Å². The van der Waals surface area contributed by atoms with E-state index in [1.807, 2.05) is 31.2 Å². The summed E-state index contributed by atoms with van der Waals surface area (Å²) in [5.41, 5.74) is 3.64. The molecule has 4 aromatic rings. The van der Waals surface area contributed by atoms with Gasteiger partial charge < -0.3 is 4.57 Å². The maximum Gasteiger partial charge on any atom is 0.238 e. The minimum atomic E-state index is -3.75. The summed E-state index contributed by atoms with van der Waals surface area (Å²) < 4.78 is 25.3. The highest BCUT2D eigenvalue weighted by Crippen LogP contribution is 2.29. The number of benzene rings is 2. The Morgan fingerprint density at radius 2 is 1.96 bits per heavy atom. The predicted molar refractivity (Wildman–Crippen MR) is 108 cm³/mol. The average molecular weight is 399 g/mol. The molecule has 0 saturated heterocycles. The van der Waals surface area contributed by atoms with Gasteiger partial charge in [-0.25, -0.2) is 18.5 Å². The Labute approximate surface area is 161 Å². The number of rotatable bonds is 5. The fourth-order valence-electron chi connectivity index (χ4n) is 3.11. The summed E-state index contributed by atoms with van der Waals surface area (Å²) >= 11 is 1.61. The van der Waals surface area contributed by atoms with E-state index in [4.69, 9.17) is 5.14 Å². The summed E-state index contributed by atoms with van der Waals surface area (Å²) in [5, 5.41) is 7.19. The standard InChI is InChI=1S/C19H18N4O2S2/c1-2-23-17-9-8-15(27(20,24)25)11-16(17)22-19(23)26-12-14-6-3-5-13-7-4-10-21-18(13)14/h3-11H,2,12H2,1H3,(H2,20,24,25). The Morgan fingerprint density at radius 3 is 2.74 bits per heavy atom. The van der Waals surface area contributed by atoms with E-state index in [0.717, 1.165) is 39.4 Å². The lowest BCUT2D eigenvalue weighted by Crippen LogP contribution is -2.11. The number of aryl methyl sites for hydroxylation is 1. The number of imidazole rings is 1. The largest absolute Gasteiger partial charge is 0.319 e. The van der Waals surface area contributed by atoms with Crippen LogP contribution in [-0.2, 0) is 22.3 Å². The fraction of sp³-hybridized carbons (Fsp3) is 0.158. The predicted octanol–water partition coefficient (Wildman–Crippen LogP) is 3.54. The third-order valence-electron chi connectivity index (χ3n) is 4.40. The number of thioether (sulfide) groups is 1. The van der Waals surface area contributed by atoms with Gasteiger partial charge in [-0.05, 0) is 36.8 Å². The molecule has 0 aliphatic rings. The summed E-state index contributed by atoms with van der Waals surface area (Å²) in [4.78, 5) is 9.21. The zero-order valence-corrected chi connectivity index (χ0v) is 16.3. The topological polar surface area (TPSA) is 90.9 Å². The molecule has 138 valence electrons. The first-order valence-electron chi connectivity index (χ1n) is 8.46. The van der Waals surface area contributed by atoms with Crippen molar-refractivity contribution in [3.8, 4) is 0 Å². The summed E-state index contributed by atoms with van der Waals surface area (Å²) in [7, 11) is -3.75. The molecule has 2 aromatic heterocycles. The van der Waals surface area contributed by atoms with Crippen LogP contribution in [0, 0.1) is 0 Å². The maximum absolute atomic E-state index is 11.6. The highest BCUT2D eigenvalue weighted by atomic mass is 32.2. The molecule has 0 atom stereocenters. The van der Waals surface area contributed by atoms with E-state index in [9.17, 15) is 8.42 Å². The van der Waals surface area contributed by atoms with Crippen LogP contribution in [0.4, 0.5) is 0 Å². The molecule has 0 radical (unpaired) electrons. The number of nitrogens with two attached hydrogens (primary N) is 1. The molecule has 27 heavy (non-hydrogen) atoms. The molecule has 8 heteroatoms. The van der Waals surface area contributed by atoms with Crippen LogP contribution in [0.1, 0.15) is 12.5 Å². The van der Waals surface area contributed by atoms with E-state index in [1.54, 1.807) is 24.0 Å². The van der Waals surface area contributed by atoms with Gasteiger partial charge in [-0.15, -0.1) is 0 Å². The van der Waals surface area contributed by atoms with Crippen LogP contribution in [0.5, 0.6) is 0 Å². The lowest BCUT2D eigenvalue weighted by Gasteiger charge is -2.07. The molecule has 4 rings (SSSR count). The number of nitrogens with zero attached hydrogens (tertiary/aromatic N) is 3. The smallest absolute Gasteiger partial charge is 0.238 e. The van der Waals surface area contributed by atoms with Gasteiger partial charge in [0.05, 0.1) is 21.4 Å². The molecule has 0 unspecified atom stereocenters. The van der Waals surface area contributed by atoms with E-state index in [2.05, 4.69) is 20.6 Å². The van der Waals surface area contributed by atoms with E-state index in [1.165, 1.54) is 12.1 Å². The van der Waals surface area contributed by atoms with Gasteiger partial charge in [0.15, 0.2) is 5.16 Å². The van der Waals surface area contributed by atoms with Gasteiger partial charge in [-0.1, -0.05) is 36.0 Å². The lowest BCUT2D eigenvalue weighted by atomic mass is 10.1. The normalized spacial score (nSPS) is 12.1. The molecule has 2 N–H and O–H groups in total. The van der Waals surface area contributed by atoms with E-state index in [-0.39, 0.29) is 4.90 Å². The van der Waals surface area contributed by atoms with Gasteiger partial charge in [-0.2, -0.15) is 0 Å². The molecule has 0 aliphatic carbocycles. The number of primary sulfonamides is 1. The number of fused-ring (bicyclic) bond motifs is 2. The molecule has 0 fully saturated rings. The quantitative estimate of drug-likeness (QED) is 0.519. The second-order valence-electron chi connectivity index (χ2n) is 6.12. The number of para-hydroxylation sites is 1. The van der Waals surface area contributed by atoms with Crippen molar-refractivity contribution in [2.24, 2.45) is 5.14 Å². The Bertz CT molecular complexity index is 1240. The van der Waals surface area contributed by atoms with E-state index >= 15 is 0 Å². The van der Waals surface area contributed by atoms with Crippen LogP contribution in [0.3, 0.4) is 0 Å². The Morgan fingerprint density at radius 1 is 1.15 bits per heavy atom. The van der Waals surface area contributed by atoms with Gasteiger partial charge in [0.25, 0.3) is 0 Å². The average Bonchev–Trinajstić information content (AvgIpc) is 3.02. The number of hydrogen-bond acceptors (Lipinski definition) is 5. The number of hydrogen-bond donors (Lipinski definition) is 1. The van der Waals surface area contributed by atoms with Crippen molar-refractivity contribution < 1.29 is 8.42 Å². The number of aromatic nitrogens is 3. The zero-order valence-electron chi connectivity index (χ0n) is 14.7. The molecule has 2 aromatic carbocycles. The van der Waals surface area contributed by atoms with Gasteiger partial charge in [0.2, 0.25) is 10.0 Å². The number of sulfonamides is 1. The van der Waals surface area contributed by atoms with Crippen LogP contribution in [0.15, 0.2) is 64.8 Å². The molecule has 0 spiro atoms. The molecule has 0 saturated carbocycles. The minimum Gasteiger partial charge on any atom is -0.319 e. The van der Waals surface area contributed by atoms with Crippen LogP contribution >= 0.6 is 11.8 Å². The van der Waals surface area contributed by atoms with Crippen molar-refractivity contribution in [2.45, 2.75) is 29.3 Å². The molecule has 6 nitrogen and oxygen atoms in total.